The van der Waals surface area contributed by atoms with E-state index >= 15 is 0 Å². The van der Waals surface area contributed by atoms with Crippen LogP contribution in [-0.2, 0) is 0 Å². The Morgan fingerprint density at radius 1 is 1.25 bits per heavy atom. The van der Waals surface area contributed by atoms with E-state index in [4.69, 9.17) is 0 Å². The second kappa shape index (κ2) is 5.48. The van der Waals surface area contributed by atoms with Crippen LogP contribution in [0.4, 0.5) is 4.39 Å². The number of hydrogen-bond acceptors (Lipinski definition) is 2. The molecule has 3 heteroatoms. The molecule has 0 spiro atoms. The number of benzene rings is 1. The van der Waals surface area contributed by atoms with Crippen molar-refractivity contribution in [1.82, 2.24) is 0 Å². The summed E-state index contributed by atoms with van der Waals surface area (Å²) < 4.78 is 13.6. The first-order chi connectivity index (χ1) is 7.79. The number of rotatable bonds is 3. The zero-order valence-corrected chi connectivity index (χ0v) is 9.93. The first-order valence-corrected chi connectivity index (χ1v) is 6.59. The highest BCUT2D eigenvalue weighted by Gasteiger charge is 2.16. The van der Waals surface area contributed by atoms with Gasteiger partial charge in [0.05, 0.1) is 0 Å². The molecule has 1 aliphatic rings. The lowest BCUT2D eigenvalue weighted by atomic mass is 10.0. The summed E-state index contributed by atoms with van der Waals surface area (Å²) in [6, 6.07) is 4.72. The van der Waals surface area contributed by atoms with E-state index in [2.05, 4.69) is 0 Å². The van der Waals surface area contributed by atoms with Crippen molar-refractivity contribution in [2.24, 2.45) is 0 Å². The third-order valence-electron chi connectivity index (χ3n) is 2.94. The van der Waals surface area contributed by atoms with E-state index in [0.29, 0.717) is 22.0 Å². The van der Waals surface area contributed by atoms with Crippen molar-refractivity contribution in [1.29, 1.82) is 0 Å². The van der Waals surface area contributed by atoms with Crippen molar-refractivity contribution >= 4 is 18.0 Å². The molecule has 1 aromatic rings. The largest absolute Gasteiger partial charge is 0.298 e. The second-order valence-corrected chi connectivity index (χ2v) is 5.53. The molecule has 0 heterocycles. The number of halogens is 1. The smallest absolute Gasteiger partial charge is 0.150 e. The molecule has 0 N–H and O–H groups in total. The molecule has 0 atom stereocenters. The van der Waals surface area contributed by atoms with Crippen LogP contribution in [0.15, 0.2) is 23.1 Å². The summed E-state index contributed by atoms with van der Waals surface area (Å²) in [6.07, 6.45) is 6.86. The van der Waals surface area contributed by atoms with E-state index in [-0.39, 0.29) is 5.82 Å². The SMILES string of the molecule is O=Cc1ccc(SC2CCCCC2)c(F)c1. The third-order valence-corrected chi connectivity index (χ3v) is 4.33. The molecule has 1 aromatic carbocycles. The zero-order valence-electron chi connectivity index (χ0n) is 9.12. The topological polar surface area (TPSA) is 17.1 Å². The van der Waals surface area contributed by atoms with Gasteiger partial charge in [0.1, 0.15) is 12.1 Å². The van der Waals surface area contributed by atoms with Gasteiger partial charge in [-0.1, -0.05) is 25.3 Å². The number of thioether (sulfide) groups is 1. The number of carbonyl (C=O) groups is 1. The minimum Gasteiger partial charge on any atom is -0.298 e. The Morgan fingerprint density at radius 2 is 2.00 bits per heavy atom. The number of aldehydes is 1. The van der Waals surface area contributed by atoms with Gasteiger partial charge in [0.15, 0.2) is 0 Å². The fraction of sp³-hybridized carbons (Fsp3) is 0.462. The Labute approximate surface area is 99.4 Å². The normalized spacial score (nSPS) is 17.3. The molecule has 1 saturated carbocycles. The molecule has 0 bridgehead atoms. The van der Waals surface area contributed by atoms with Crippen LogP contribution in [-0.4, -0.2) is 11.5 Å². The Kier molecular flexibility index (Phi) is 3.99. The van der Waals surface area contributed by atoms with Crippen LogP contribution < -0.4 is 0 Å². The molecule has 0 unspecified atom stereocenters. The van der Waals surface area contributed by atoms with Crippen molar-refractivity contribution < 1.29 is 9.18 Å². The lowest BCUT2D eigenvalue weighted by Crippen LogP contribution is -2.08. The van der Waals surface area contributed by atoms with E-state index in [1.54, 1.807) is 23.9 Å². The van der Waals surface area contributed by atoms with Gasteiger partial charge in [0, 0.05) is 15.7 Å². The van der Waals surface area contributed by atoms with Crippen LogP contribution in [0.2, 0.25) is 0 Å². The van der Waals surface area contributed by atoms with Crippen LogP contribution in [0.5, 0.6) is 0 Å². The van der Waals surface area contributed by atoms with Gasteiger partial charge in [-0.05, 0) is 25.0 Å². The van der Waals surface area contributed by atoms with Crippen LogP contribution in [0, 0.1) is 5.82 Å². The fourth-order valence-corrected chi connectivity index (χ4v) is 3.29. The van der Waals surface area contributed by atoms with Gasteiger partial charge in [0.25, 0.3) is 0 Å². The summed E-state index contributed by atoms with van der Waals surface area (Å²) in [7, 11) is 0. The van der Waals surface area contributed by atoms with E-state index < -0.39 is 0 Å². The summed E-state index contributed by atoms with van der Waals surface area (Å²) in [4.78, 5) is 11.2. The summed E-state index contributed by atoms with van der Waals surface area (Å²) in [5.74, 6) is -0.264. The highest BCUT2D eigenvalue weighted by molar-refractivity contribution is 8.00. The van der Waals surface area contributed by atoms with Crippen LogP contribution in [0.3, 0.4) is 0 Å². The van der Waals surface area contributed by atoms with Crippen LogP contribution >= 0.6 is 11.8 Å². The van der Waals surface area contributed by atoms with Gasteiger partial charge in [-0.3, -0.25) is 4.79 Å². The molecule has 0 aliphatic heterocycles. The molecule has 0 radical (unpaired) electrons. The predicted octanol–water partition coefficient (Wildman–Crippen LogP) is 4.06. The third kappa shape index (κ3) is 2.85. The fourth-order valence-electron chi connectivity index (χ4n) is 2.05. The Morgan fingerprint density at radius 3 is 2.62 bits per heavy atom. The van der Waals surface area contributed by atoms with Crippen molar-refractivity contribution in [3.8, 4) is 0 Å². The Hall–Kier alpha value is -0.830. The molecule has 0 aromatic heterocycles. The molecular formula is C13H15FOS. The van der Waals surface area contributed by atoms with Crippen LogP contribution in [0.25, 0.3) is 0 Å². The van der Waals surface area contributed by atoms with Gasteiger partial charge in [-0.2, -0.15) is 0 Å². The minimum atomic E-state index is -0.264. The monoisotopic (exact) mass is 238 g/mol. The molecule has 1 fully saturated rings. The highest BCUT2D eigenvalue weighted by atomic mass is 32.2. The lowest BCUT2D eigenvalue weighted by molar-refractivity contribution is 0.112. The van der Waals surface area contributed by atoms with E-state index in [1.807, 2.05) is 0 Å². The molecule has 2 rings (SSSR count). The van der Waals surface area contributed by atoms with Crippen molar-refractivity contribution in [2.45, 2.75) is 42.2 Å². The minimum absolute atomic E-state index is 0.264. The maximum atomic E-state index is 13.6. The molecule has 0 saturated heterocycles. The molecule has 86 valence electrons. The molecule has 16 heavy (non-hydrogen) atoms. The van der Waals surface area contributed by atoms with Crippen LogP contribution in [0.1, 0.15) is 42.5 Å². The van der Waals surface area contributed by atoms with E-state index in [9.17, 15) is 9.18 Å². The van der Waals surface area contributed by atoms with Crippen molar-refractivity contribution in [3.05, 3.63) is 29.6 Å². The highest BCUT2D eigenvalue weighted by Crippen LogP contribution is 2.34. The van der Waals surface area contributed by atoms with E-state index in [0.717, 1.165) is 0 Å². The molecule has 0 amide bonds. The average molecular weight is 238 g/mol. The number of hydrogen-bond donors (Lipinski definition) is 0. The second-order valence-electron chi connectivity index (χ2n) is 4.19. The summed E-state index contributed by atoms with van der Waals surface area (Å²) in [6.45, 7) is 0. The average Bonchev–Trinajstić information content (AvgIpc) is 2.33. The predicted molar refractivity (Wildman–Crippen MR) is 64.5 cm³/mol. The zero-order chi connectivity index (χ0) is 11.4. The standard InChI is InChI=1S/C13H15FOS/c14-12-8-10(9-15)6-7-13(12)16-11-4-2-1-3-5-11/h6-9,11H,1-5H2. The van der Waals surface area contributed by atoms with E-state index in [1.165, 1.54) is 38.2 Å². The summed E-state index contributed by atoms with van der Waals surface area (Å²) in [5, 5.41) is 0.547. The molecule has 1 aliphatic carbocycles. The Bertz CT molecular complexity index is 372. The van der Waals surface area contributed by atoms with Crippen molar-refractivity contribution in [3.63, 3.8) is 0 Å². The number of carbonyl (C=O) groups excluding carboxylic acids is 1. The van der Waals surface area contributed by atoms with Gasteiger partial charge in [0.2, 0.25) is 0 Å². The van der Waals surface area contributed by atoms with Gasteiger partial charge in [-0.15, -0.1) is 11.8 Å². The van der Waals surface area contributed by atoms with Gasteiger partial charge < -0.3 is 0 Å². The lowest BCUT2D eigenvalue weighted by Gasteiger charge is -2.21. The van der Waals surface area contributed by atoms with Gasteiger partial charge in [-0.25, -0.2) is 4.39 Å². The first-order valence-electron chi connectivity index (χ1n) is 5.71. The van der Waals surface area contributed by atoms with Crippen molar-refractivity contribution in [2.75, 3.05) is 0 Å². The Balaban J connectivity index is 2.05. The maximum absolute atomic E-state index is 13.6. The maximum Gasteiger partial charge on any atom is 0.150 e. The van der Waals surface area contributed by atoms with Gasteiger partial charge >= 0.3 is 0 Å². The summed E-state index contributed by atoms with van der Waals surface area (Å²) in [5.41, 5.74) is 0.408. The molecule has 1 nitrogen and oxygen atoms in total. The summed E-state index contributed by atoms with van der Waals surface area (Å²) >= 11 is 1.62. The first kappa shape index (κ1) is 11.6. The quantitative estimate of drug-likeness (QED) is 0.738. The molecular weight excluding hydrogens is 223 g/mol.